The number of rotatable bonds is 2. The monoisotopic (exact) mass is 293 g/mol. The van der Waals surface area contributed by atoms with Crippen LogP contribution in [-0.2, 0) is 4.74 Å². The van der Waals surface area contributed by atoms with Gasteiger partial charge in [0, 0.05) is 12.4 Å². The van der Waals surface area contributed by atoms with Crippen molar-refractivity contribution in [3.8, 4) is 0 Å². The summed E-state index contributed by atoms with van der Waals surface area (Å²) >= 11 is 0. The molecule has 1 aromatic heterocycles. The first-order chi connectivity index (χ1) is 9.95. The van der Waals surface area contributed by atoms with Crippen LogP contribution in [0.15, 0.2) is 24.5 Å². The van der Waals surface area contributed by atoms with Crippen molar-refractivity contribution in [3.05, 3.63) is 30.1 Å². The van der Waals surface area contributed by atoms with Crippen LogP contribution < -0.4 is 0 Å². The van der Waals surface area contributed by atoms with Crippen LogP contribution in [-0.4, -0.2) is 29.3 Å². The van der Waals surface area contributed by atoms with Crippen LogP contribution in [0.25, 0.3) is 0 Å². The van der Waals surface area contributed by atoms with E-state index in [1.165, 1.54) is 26.1 Å². The maximum Gasteiger partial charge on any atom is 0.339 e. The molecule has 118 valence electrons. The van der Waals surface area contributed by atoms with Crippen LogP contribution in [0, 0.1) is 17.8 Å². The SMILES string of the molecule is CC1CCC(C(C)C)C(O)C1.COC(=O)c1cccnc1. The average molecular weight is 293 g/mol. The fourth-order valence-electron chi connectivity index (χ4n) is 2.75. The van der Waals surface area contributed by atoms with Crippen molar-refractivity contribution in [1.29, 1.82) is 0 Å². The Morgan fingerprint density at radius 3 is 2.62 bits per heavy atom. The molecule has 0 bridgehead atoms. The van der Waals surface area contributed by atoms with E-state index in [-0.39, 0.29) is 12.1 Å². The molecule has 3 unspecified atom stereocenters. The van der Waals surface area contributed by atoms with Crippen molar-refractivity contribution < 1.29 is 14.6 Å². The predicted octanol–water partition coefficient (Wildman–Crippen LogP) is 3.31. The molecule has 2 rings (SSSR count). The zero-order valence-corrected chi connectivity index (χ0v) is 13.5. The molecule has 0 aliphatic heterocycles. The van der Waals surface area contributed by atoms with Crippen LogP contribution in [0.3, 0.4) is 0 Å². The van der Waals surface area contributed by atoms with E-state index in [1.54, 1.807) is 18.3 Å². The number of aliphatic hydroxyl groups excluding tert-OH is 1. The Labute approximate surface area is 127 Å². The Hall–Kier alpha value is -1.42. The second-order valence-corrected chi connectivity index (χ2v) is 6.13. The summed E-state index contributed by atoms with van der Waals surface area (Å²) in [5.41, 5.74) is 0.477. The molecule has 4 nitrogen and oxygen atoms in total. The summed E-state index contributed by atoms with van der Waals surface area (Å²) in [4.78, 5) is 14.5. The van der Waals surface area contributed by atoms with Crippen molar-refractivity contribution in [2.24, 2.45) is 17.8 Å². The van der Waals surface area contributed by atoms with Gasteiger partial charge < -0.3 is 9.84 Å². The van der Waals surface area contributed by atoms with Crippen molar-refractivity contribution in [2.75, 3.05) is 7.11 Å². The second-order valence-electron chi connectivity index (χ2n) is 6.13. The molecule has 0 radical (unpaired) electrons. The van der Waals surface area contributed by atoms with Crippen molar-refractivity contribution in [2.45, 2.75) is 46.1 Å². The lowest BCUT2D eigenvalue weighted by atomic mass is 9.75. The molecule has 0 aromatic carbocycles. The van der Waals surface area contributed by atoms with Crippen LogP contribution >= 0.6 is 0 Å². The molecular weight excluding hydrogens is 266 g/mol. The van der Waals surface area contributed by atoms with Gasteiger partial charge in [0.15, 0.2) is 0 Å². The van der Waals surface area contributed by atoms with Gasteiger partial charge in [0.25, 0.3) is 0 Å². The van der Waals surface area contributed by atoms with Gasteiger partial charge in [0.2, 0.25) is 0 Å². The lowest BCUT2D eigenvalue weighted by Crippen LogP contribution is -2.31. The molecule has 0 spiro atoms. The summed E-state index contributed by atoms with van der Waals surface area (Å²) in [6.07, 6.45) is 6.58. The number of hydrogen-bond donors (Lipinski definition) is 1. The molecule has 0 amide bonds. The van der Waals surface area contributed by atoms with Gasteiger partial charge in [-0.3, -0.25) is 4.98 Å². The number of pyridine rings is 1. The Kier molecular flexibility index (Phi) is 7.37. The van der Waals surface area contributed by atoms with Gasteiger partial charge >= 0.3 is 5.97 Å². The van der Waals surface area contributed by atoms with Crippen molar-refractivity contribution in [3.63, 3.8) is 0 Å². The number of methoxy groups -OCH3 is 1. The minimum Gasteiger partial charge on any atom is -0.465 e. The summed E-state index contributed by atoms with van der Waals surface area (Å²) in [6.45, 7) is 6.66. The molecule has 1 aliphatic carbocycles. The molecule has 3 atom stereocenters. The van der Waals surface area contributed by atoms with Gasteiger partial charge in [0.1, 0.15) is 0 Å². The number of aromatic nitrogens is 1. The summed E-state index contributed by atoms with van der Waals surface area (Å²) < 4.78 is 4.46. The fourth-order valence-corrected chi connectivity index (χ4v) is 2.75. The molecule has 1 saturated carbocycles. The zero-order chi connectivity index (χ0) is 15.8. The number of carbonyl (C=O) groups excluding carboxylic acids is 1. The normalized spacial score (nSPS) is 25.0. The Morgan fingerprint density at radius 2 is 2.14 bits per heavy atom. The van der Waals surface area contributed by atoms with Crippen molar-refractivity contribution >= 4 is 5.97 Å². The van der Waals surface area contributed by atoms with Gasteiger partial charge in [0.05, 0.1) is 18.8 Å². The van der Waals surface area contributed by atoms with E-state index >= 15 is 0 Å². The second kappa shape index (κ2) is 8.78. The lowest BCUT2D eigenvalue weighted by Gasteiger charge is -2.33. The van der Waals surface area contributed by atoms with Crippen LogP contribution in [0.4, 0.5) is 0 Å². The quantitative estimate of drug-likeness (QED) is 0.850. The molecule has 21 heavy (non-hydrogen) atoms. The van der Waals surface area contributed by atoms with Gasteiger partial charge in [-0.25, -0.2) is 4.79 Å². The van der Waals surface area contributed by atoms with E-state index < -0.39 is 0 Å². The highest BCUT2D eigenvalue weighted by Crippen LogP contribution is 2.33. The number of ether oxygens (including phenoxy) is 1. The van der Waals surface area contributed by atoms with Gasteiger partial charge in [-0.15, -0.1) is 0 Å². The third-order valence-electron chi connectivity index (χ3n) is 4.07. The maximum atomic E-state index is 10.8. The molecule has 4 heteroatoms. The van der Waals surface area contributed by atoms with Crippen LogP contribution in [0.2, 0.25) is 0 Å². The van der Waals surface area contributed by atoms with Crippen LogP contribution in [0.1, 0.15) is 50.4 Å². The van der Waals surface area contributed by atoms with E-state index in [0.717, 1.165) is 12.3 Å². The molecular formula is C17H27NO3. The highest BCUT2D eigenvalue weighted by molar-refractivity contribution is 5.88. The number of aliphatic hydroxyl groups is 1. The number of hydrogen-bond acceptors (Lipinski definition) is 4. The van der Waals surface area contributed by atoms with E-state index in [1.807, 2.05) is 0 Å². The van der Waals surface area contributed by atoms with Gasteiger partial charge in [-0.1, -0.05) is 27.2 Å². The molecule has 1 aliphatic rings. The van der Waals surface area contributed by atoms with E-state index in [2.05, 4.69) is 30.5 Å². The summed E-state index contributed by atoms with van der Waals surface area (Å²) in [5, 5.41) is 9.71. The molecule has 1 heterocycles. The molecule has 1 aromatic rings. The minimum absolute atomic E-state index is 0.0289. The highest BCUT2D eigenvalue weighted by Gasteiger charge is 2.28. The molecule has 1 fully saturated rings. The van der Waals surface area contributed by atoms with Gasteiger partial charge in [-0.2, -0.15) is 0 Å². The molecule has 0 saturated heterocycles. The number of carbonyl (C=O) groups is 1. The summed E-state index contributed by atoms with van der Waals surface area (Å²) in [6, 6.07) is 3.34. The number of esters is 1. The summed E-state index contributed by atoms with van der Waals surface area (Å²) in [5.74, 6) is 1.59. The first-order valence-corrected chi connectivity index (χ1v) is 7.62. The number of nitrogens with zero attached hydrogens (tertiary/aromatic N) is 1. The first-order valence-electron chi connectivity index (χ1n) is 7.62. The van der Waals surface area contributed by atoms with E-state index in [4.69, 9.17) is 0 Å². The van der Waals surface area contributed by atoms with Crippen LogP contribution in [0.5, 0.6) is 0 Å². The first kappa shape index (κ1) is 17.6. The Balaban J connectivity index is 0.000000211. The maximum absolute atomic E-state index is 10.8. The smallest absolute Gasteiger partial charge is 0.339 e. The zero-order valence-electron chi connectivity index (χ0n) is 13.5. The largest absolute Gasteiger partial charge is 0.465 e. The summed E-state index contributed by atoms with van der Waals surface area (Å²) in [7, 11) is 1.34. The minimum atomic E-state index is -0.354. The van der Waals surface area contributed by atoms with Gasteiger partial charge in [-0.05, 0) is 42.7 Å². The lowest BCUT2D eigenvalue weighted by molar-refractivity contribution is 0.0266. The Bertz CT molecular complexity index is 419. The highest BCUT2D eigenvalue weighted by atomic mass is 16.5. The third kappa shape index (κ3) is 5.84. The fraction of sp³-hybridized carbons (Fsp3) is 0.647. The predicted molar refractivity (Wildman–Crippen MR) is 82.9 cm³/mol. The third-order valence-corrected chi connectivity index (χ3v) is 4.07. The Morgan fingerprint density at radius 1 is 1.43 bits per heavy atom. The molecule has 1 N–H and O–H groups in total. The van der Waals surface area contributed by atoms with Crippen molar-refractivity contribution in [1.82, 2.24) is 4.98 Å². The topological polar surface area (TPSA) is 59.4 Å². The standard InChI is InChI=1S/C10H20O.C7H7NO2/c1-7(2)9-5-4-8(3)6-10(9)11;1-10-7(9)6-3-2-4-8-5-6/h7-11H,4-6H2,1-3H3;2-5H,1H3. The van der Waals surface area contributed by atoms with E-state index in [0.29, 0.717) is 17.4 Å². The van der Waals surface area contributed by atoms with E-state index in [9.17, 15) is 9.90 Å². The average Bonchev–Trinajstić information content (AvgIpc) is 2.47.